The zero-order chi connectivity index (χ0) is 14.4. The van der Waals surface area contributed by atoms with Gasteiger partial charge >= 0.3 is 0 Å². The second-order valence-electron chi connectivity index (χ2n) is 5.88. The van der Waals surface area contributed by atoms with E-state index in [9.17, 15) is 0 Å². The van der Waals surface area contributed by atoms with E-state index >= 15 is 0 Å². The summed E-state index contributed by atoms with van der Waals surface area (Å²) < 4.78 is 0. The van der Waals surface area contributed by atoms with Crippen LogP contribution in [0.3, 0.4) is 0 Å². The molecule has 0 aromatic heterocycles. The number of nitrogens with two attached hydrogens (primary N) is 1. The largest absolute Gasteiger partial charge is 0.409 e. The zero-order valence-electron chi connectivity index (χ0n) is 12.2. The van der Waals surface area contributed by atoms with Crippen molar-refractivity contribution < 1.29 is 5.21 Å². The predicted molar refractivity (Wildman–Crippen MR) is 81.8 cm³/mol. The Morgan fingerprint density at radius 2 is 2.20 bits per heavy atom. The molecular formula is C16H25N3O. The summed E-state index contributed by atoms with van der Waals surface area (Å²) in [7, 11) is 0. The van der Waals surface area contributed by atoms with E-state index in [0.717, 1.165) is 18.0 Å². The average molecular weight is 275 g/mol. The highest BCUT2D eigenvalue weighted by Crippen LogP contribution is 2.22. The van der Waals surface area contributed by atoms with E-state index in [1.807, 2.05) is 18.2 Å². The Balaban J connectivity index is 1.90. The van der Waals surface area contributed by atoms with Crippen LogP contribution >= 0.6 is 0 Å². The number of amidine groups is 1. The lowest BCUT2D eigenvalue weighted by Crippen LogP contribution is -2.28. The van der Waals surface area contributed by atoms with Gasteiger partial charge in [-0.15, -0.1) is 0 Å². The van der Waals surface area contributed by atoms with E-state index in [0.29, 0.717) is 6.04 Å². The number of nitrogens with one attached hydrogen (secondary N) is 1. The molecule has 0 amide bonds. The molecular weight excluding hydrogens is 250 g/mol. The average Bonchev–Trinajstić information content (AvgIpc) is 2.69. The van der Waals surface area contributed by atoms with Gasteiger partial charge in [-0.1, -0.05) is 43.1 Å². The predicted octanol–water partition coefficient (Wildman–Crippen LogP) is 2.84. The third-order valence-electron chi connectivity index (χ3n) is 4.18. The normalized spacial score (nSPS) is 24.4. The second-order valence-corrected chi connectivity index (χ2v) is 5.88. The molecule has 4 nitrogen and oxygen atoms in total. The van der Waals surface area contributed by atoms with Crippen molar-refractivity contribution in [2.24, 2.45) is 16.8 Å². The van der Waals surface area contributed by atoms with E-state index in [2.05, 4.69) is 23.5 Å². The topological polar surface area (TPSA) is 70.6 Å². The molecule has 20 heavy (non-hydrogen) atoms. The standard InChI is InChI=1S/C16H25N3O/c1-12-4-2-7-15(9-8-12)18-11-13-5-3-6-14(10-13)16(17)19-20/h3,5-6,10,12,15,18,20H,2,4,7-9,11H2,1H3,(H2,17,19). The van der Waals surface area contributed by atoms with Gasteiger partial charge in [0.1, 0.15) is 0 Å². The van der Waals surface area contributed by atoms with Crippen LogP contribution in [0.1, 0.15) is 50.2 Å². The fourth-order valence-corrected chi connectivity index (χ4v) is 2.85. The summed E-state index contributed by atoms with van der Waals surface area (Å²) in [5, 5.41) is 15.4. The Labute approximate surface area is 121 Å². The number of rotatable bonds is 4. The molecule has 2 atom stereocenters. The van der Waals surface area contributed by atoms with Crippen LogP contribution in [0.15, 0.2) is 29.4 Å². The molecule has 0 radical (unpaired) electrons. The van der Waals surface area contributed by atoms with Gasteiger partial charge in [0.15, 0.2) is 5.84 Å². The summed E-state index contributed by atoms with van der Waals surface area (Å²) in [5.41, 5.74) is 7.56. The Morgan fingerprint density at radius 1 is 1.35 bits per heavy atom. The highest BCUT2D eigenvalue weighted by atomic mass is 16.4. The third kappa shape index (κ3) is 4.23. The first kappa shape index (κ1) is 14.9. The van der Waals surface area contributed by atoms with Gasteiger partial charge in [0.05, 0.1) is 0 Å². The summed E-state index contributed by atoms with van der Waals surface area (Å²) >= 11 is 0. The summed E-state index contributed by atoms with van der Waals surface area (Å²) in [5.74, 6) is 1.03. The van der Waals surface area contributed by atoms with Gasteiger partial charge in [-0.25, -0.2) is 0 Å². The van der Waals surface area contributed by atoms with Crippen LogP contribution in [0.4, 0.5) is 0 Å². The van der Waals surface area contributed by atoms with Gasteiger partial charge in [0, 0.05) is 18.2 Å². The minimum Gasteiger partial charge on any atom is -0.409 e. The molecule has 4 N–H and O–H groups in total. The Bertz CT molecular complexity index is 459. The van der Waals surface area contributed by atoms with Crippen LogP contribution < -0.4 is 11.1 Å². The third-order valence-corrected chi connectivity index (χ3v) is 4.18. The summed E-state index contributed by atoms with van der Waals surface area (Å²) in [6.45, 7) is 3.19. The Kier molecular flexibility index (Phi) is 5.41. The van der Waals surface area contributed by atoms with Crippen molar-refractivity contribution in [3.63, 3.8) is 0 Å². The molecule has 0 aliphatic heterocycles. The Morgan fingerprint density at radius 3 is 3.00 bits per heavy atom. The Hall–Kier alpha value is -1.55. The van der Waals surface area contributed by atoms with Crippen LogP contribution in [0, 0.1) is 5.92 Å². The number of oxime groups is 1. The van der Waals surface area contributed by atoms with Crippen LogP contribution in [0.25, 0.3) is 0 Å². The molecule has 110 valence electrons. The minimum absolute atomic E-state index is 0.162. The molecule has 0 bridgehead atoms. The molecule has 1 aromatic carbocycles. The molecule has 4 heteroatoms. The SMILES string of the molecule is CC1CCCC(NCc2cccc(/C(N)=N/O)c2)CC1. The first-order valence-electron chi connectivity index (χ1n) is 7.49. The molecule has 2 unspecified atom stereocenters. The van der Waals surface area contributed by atoms with Crippen molar-refractivity contribution >= 4 is 5.84 Å². The summed E-state index contributed by atoms with van der Waals surface area (Å²) in [4.78, 5) is 0. The number of hydrogen-bond donors (Lipinski definition) is 3. The van der Waals surface area contributed by atoms with Gasteiger partial charge in [0.2, 0.25) is 0 Å². The number of nitrogens with zero attached hydrogens (tertiary/aromatic N) is 1. The lowest BCUT2D eigenvalue weighted by Gasteiger charge is -2.16. The molecule has 2 rings (SSSR count). The maximum absolute atomic E-state index is 8.72. The lowest BCUT2D eigenvalue weighted by atomic mass is 10.0. The van der Waals surface area contributed by atoms with Gasteiger partial charge in [0.25, 0.3) is 0 Å². The van der Waals surface area contributed by atoms with Crippen molar-refractivity contribution in [3.8, 4) is 0 Å². The molecule has 1 fully saturated rings. The van der Waals surface area contributed by atoms with Gasteiger partial charge < -0.3 is 16.3 Å². The maximum Gasteiger partial charge on any atom is 0.170 e. The van der Waals surface area contributed by atoms with Crippen LogP contribution in [0.2, 0.25) is 0 Å². The minimum atomic E-state index is 0.162. The van der Waals surface area contributed by atoms with Crippen LogP contribution in [-0.4, -0.2) is 17.1 Å². The van der Waals surface area contributed by atoms with Gasteiger partial charge in [-0.2, -0.15) is 0 Å². The van der Waals surface area contributed by atoms with E-state index in [-0.39, 0.29) is 5.84 Å². The van der Waals surface area contributed by atoms with Crippen molar-refractivity contribution in [2.45, 2.75) is 51.6 Å². The van der Waals surface area contributed by atoms with E-state index in [1.165, 1.54) is 37.7 Å². The summed E-state index contributed by atoms with van der Waals surface area (Å²) in [6, 6.07) is 8.46. The zero-order valence-corrected chi connectivity index (χ0v) is 12.2. The van der Waals surface area contributed by atoms with Gasteiger partial charge in [-0.3, -0.25) is 0 Å². The maximum atomic E-state index is 8.72. The molecule has 0 heterocycles. The molecule has 0 saturated heterocycles. The first-order valence-corrected chi connectivity index (χ1v) is 7.49. The van der Waals surface area contributed by atoms with Crippen molar-refractivity contribution in [2.75, 3.05) is 0 Å². The lowest BCUT2D eigenvalue weighted by molar-refractivity contribution is 0.318. The molecule has 1 saturated carbocycles. The van der Waals surface area contributed by atoms with E-state index in [4.69, 9.17) is 10.9 Å². The first-order chi connectivity index (χ1) is 9.69. The van der Waals surface area contributed by atoms with Crippen molar-refractivity contribution in [1.29, 1.82) is 0 Å². The quantitative estimate of drug-likeness (QED) is 0.260. The smallest absolute Gasteiger partial charge is 0.170 e. The van der Waals surface area contributed by atoms with Crippen LogP contribution in [0.5, 0.6) is 0 Å². The second kappa shape index (κ2) is 7.29. The highest BCUT2D eigenvalue weighted by Gasteiger charge is 2.15. The van der Waals surface area contributed by atoms with Crippen molar-refractivity contribution in [1.82, 2.24) is 5.32 Å². The molecule has 0 spiro atoms. The molecule has 1 aliphatic rings. The fraction of sp³-hybridized carbons (Fsp3) is 0.562. The molecule has 1 aliphatic carbocycles. The van der Waals surface area contributed by atoms with Gasteiger partial charge in [-0.05, 0) is 36.8 Å². The number of benzene rings is 1. The molecule has 1 aromatic rings. The fourth-order valence-electron chi connectivity index (χ4n) is 2.85. The van der Waals surface area contributed by atoms with E-state index in [1.54, 1.807) is 0 Å². The summed E-state index contributed by atoms with van der Waals surface area (Å²) in [6.07, 6.45) is 6.54. The van der Waals surface area contributed by atoms with Crippen LogP contribution in [-0.2, 0) is 6.54 Å². The van der Waals surface area contributed by atoms with Crippen molar-refractivity contribution in [3.05, 3.63) is 35.4 Å². The number of hydrogen-bond acceptors (Lipinski definition) is 3. The van der Waals surface area contributed by atoms with E-state index < -0.39 is 0 Å². The highest BCUT2D eigenvalue weighted by molar-refractivity contribution is 5.97. The monoisotopic (exact) mass is 275 g/mol.